The summed E-state index contributed by atoms with van der Waals surface area (Å²) >= 11 is 5.58. The number of rotatable bonds is 6. The van der Waals surface area contributed by atoms with Gasteiger partial charge in [0, 0.05) is 11.4 Å². The Hall–Kier alpha value is -2.45. The van der Waals surface area contributed by atoms with Gasteiger partial charge in [0.05, 0.1) is 5.02 Å². The second-order valence-corrected chi connectivity index (χ2v) is 7.60. The van der Waals surface area contributed by atoms with Crippen LogP contribution in [0.5, 0.6) is 0 Å². The van der Waals surface area contributed by atoms with Crippen molar-refractivity contribution in [2.75, 3.05) is 22.1 Å². The molecule has 2 N–H and O–H groups in total. The van der Waals surface area contributed by atoms with Crippen LogP contribution in [0.25, 0.3) is 0 Å². The number of amides is 2. The first-order chi connectivity index (χ1) is 11.7. The standard InChI is InChI=1S/C16H14ClFN2O4S/c17-13-8-12(6-7-14(13)18)20-16(22)10-25(23,24)9-15(21)19-11-4-2-1-3-5-11/h1-8H,9-10H2,(H,19,21)(H,20,22). The minimum Gasteiger partial charge on any atom is -0.325 e. The maximum absolute atomic E-state index is 13.0. The minimum atomic E-state index is -3.97. The van der Waals surface area contributed by atoms with E-state index in [-0.39, 0.29) is 10.7 Å². The summed E-state index contributed by atoms with van der Waals surface area (Å²) < 4.78 is 36.9. The number of hydrogen-bond donors (Lipinski definition) is 2. The zero-order valence-corrected chi connectivity index (χ0v) is 14.4. The molecule has 9 heteroatoms. The molecular weight excluding hydrogens is 371 g/mol. The molecule has 0 aliphatic heterocycles. The number of carbonyl (C=O) groups excluding carboxylic acids is 2. The Balaban J connectivity index is 1.92. The zero-order chi connectivity index (χ0) is 18.4. The van der Waals surface area contributed by atoms with E-state index >= 15 is 0 Å². The van der Waals surface area contributed by atoms with Gasteiger partial charge in [-0.3, -0.25) is 9.59 Å². The maximum Gasteiger partial charge on any atom is 0.239 e. The highest BCUT2D eigenvalue weighted by atomic mass is 35.5. The lowest BCUT2D eigenvalue weighted by atomic mass is 10.3. The van der Waals surface area contributed by atoms with E-state index in [4.69, 9.17) is 11.6 Å². The highest BCUT2D eigenvalue weighted by molar-refractivity contribution is 7.92. The van der Waals surface area contributed by atoms with Crippen molar-refractivity contribution >= 4 is 44.6 Å². The average Bonchev–Trinajstić information content (AvgIpc) is 2.50. The lowest BCUT2D eigenvalue weighted by molar-refractivity contribution is -0.114. The van der Waals surface area contributed by atoms with Crippen LogP contribution in [0.4, 0.5) is 15.8 Å². The van der Waals surface area contributed by atoms with Gasteiger partial charge in [0.15, 0.2) is 9.84 Å². The number of carbonyl (C=O) groups is 2. The van der Waals surface area contributed by atoms with Crippen molar-refractivity contribution in [1.29, 1.82) is 0 Å². The van der Waals surface area contributed by atoms with E-state index in [1.807, 2.05) is 0 Å². The number of hydrogen-bond acceptors (Lipinski definition) is 4. The molecule has 6 nitrogen and oxygen atoms in total. The van der Waals surface area contributed by atoms with Crippen molar-refractivity contribution < 1.29 is 22.4 Å². The Morgan fingerprint density at radius 2 is 1.48 bits per heavy atom. The summed E-state index contributed by atoms with van der Waals surface area (Å²) in [6.07, 6.45) is 0. The van der Waals surface area contributed by atoms with Gasteiger partial charge in [-0.15, -0.1) is 0 Å². The number of benzene rings is 2. The van der Waals surface area contributed by atoms with Gasteiger partial charge >= 0.3 is 0 Å². The third-order valence-corrected chi connectivity index (χ3v) is 4.66. The summed E-state index contributed by atoms with van der Waals surface area (Å²) in [5.74, 6) is -3.98. The van der Waals surface area contributed by atoms with Gasteiger partial charge in [0.25, 0.3) is 0 Å². The lowest BCUT2D eigenvalue weighted by Crippen LogP contribution is -2.30. The molecule has 0 radical (unpaired) electrons. The van der Waals surface area contributed by atoms with Gasteiger partial charge in [-0.05, 0) is 30.3 Å². The molecule has 0 bridgehead atoms. The number of sulfone groups is 1. The van der Waals surface area contributed by atoms with E-state index < -0.39 is 39.0 Å². The minimum absolute atomic E-state index is 0.153. The highest BCUT2D eigenvalue weighted by Gasteiger charge is 2.21. The van der Waals surface area contributed by atoms with Crippen LogP contribution < -0.4 is 10.6 Å². The molecule has 2 aromatic carbocycles. The molecular formula is C16H14ClFN2O4S. The molecule has 0 fully saturated rings. The lowest BCUT2D eigenvalue weighted by Gasteiger charge is -2.08. The first-order valence-electron chi connectivity index (χ1n) is 7.05. The topological polar surface area (TPSA) is 92.3 Å². The van der Waals surface area contributed by atoms with Crippen molar-refractivity contribution in [3.05, 3.63) is 59.4 Å². The van der Waals surface area contributed by atoms with Crippen molar-refractivity contribution in [2.24, 2.45) is 0 Å². The molecule has 0 saturated carbocycles. The van der Waals surface area contributed by atoms with E-state index in [1.54, 1.807) is 30.3 Å². The van der Waals surface area contributed by atoms with Crippen molar-refractivity contribution in [3.63, 3.8) is 0 Å². The van der Waals surface area contributed by atoms with E-state index in [2.05, 4.69) is 10.6 Å². The van der Waals surface area contributed by atoms with Gasteiger partial charge in [-0.1, -0.05) is 29.8 Å². The van der Waals surface area contributed by atoms with Gasteiger partial charge in [0.2, 0.25) is 11.8 Å². The van der Waals surface area contributed by atoms with Crippen LogP contribution >= 0.6 is 11.6 Å². The number of halogens is 2. The summed E-state index contributed by atoms with van der Waals surface area (Å²) in [6, 6.07) is 11.8. The first kappa shape index (κ1) is 18.9. The predicted octanol–water partition coefficient (Wildman–Crippen LogP) is 2.47. The smallest absolute Gasteiger partial charge is 0.239 e. The van der Waals surface area contributed by atoms with Crippen LogP contribution in [0.2, 0.25) is 5.02 Å². The van der Waals surface area contributed by atoms with Crippen LogP contribution in [-0.4, -0.2) is 31.7 Å². The predicted molar refractivity (Wildman–Crippen MR) is 93.8 cm³/mol. The van der Waals surface area contributed by atoms with Crippen LogP contribution in [-0.2, 0) is 19.4 Å². The summed E-state index contributed by atoms with van der Waals surface area (Å²) in [5.41, 5.74) is 0.605. The average molecular weight is 385 g/mol. The maximum atomic E-state index is 13.0. The quantitative estimate of drug-likeness (QED) is 0.800. The van der Waals surface area contributed by atoms with Gasteiger partial charge in [-0.2, -0.15) is 0 Å². The Labute approximate surface area is 148 Å². The van der Waals surface area contributed by atoms with Crippen molar-refractivity contribution in [3.8, 4) is 0 Å². The molecule has 2 aromatic rings. The summed E-state index contributed by atoms with van der Waals surface area (Å²) in [5, 5.41) is 4.51. The Kier molecular flexibility index (Phi) is 6.11. The Morgan fingerprint density at radius 1 is 0.920 bits per heavy atom. The molecule has 0 saturated heterocycles. The fraction of sp³-hybridized carbons (Fsp3) is 0.125. The van der Waals surface area contributed by atoms with Crippen LogP contribution in [0.3, 0.4) is 0 Å². The fourth-order valence-corrected chi connectivity index (χ4v) is 3.17. The van der Waals surface area contributed by atoms with E-state index in [1.165, 1.54) is 6.07 Å². The third-order valence-electron chi connectivity index (χ3n) is 2.96. The molecule has 0 atom stereocenters. The second-order valence-electron chi connectivity index (χ2n) is 5.12. The third kappa shape index (κ3) is 6.17. The van der Waals surface area contributed by atoms with Gasteiger partial charge in [0.1, 0.15) is 17.3 Å². The summed E-state index contributed by atoms with van der Waals surface area (Å²) in [6.45, 7) is 0. The first-order valence-corrected chi connectivity index (χ1v) is 9.25. The molecule has 0 aliphatic carbocycles. The molecule has 132 valence electrons. The second kappa shape index (κ2) is 8.09. The molecule has 2 rings (SSSR count). The molecule has 0 aromatic heterocycles. The van der Waals surface area contributed by atoms with Crippen LogP contribution in [0, 0.1) is 5.82 Å². The van der Waals surface area contributed by atoms with E-state index in [9.17, 15) is 22.4 Å². The zero-order valence-electron chi connectivity index (χ0n) is 12.8. The SMILES string of the molecule is O=C(CS(=O)(=O)CC(=O)Nc1ccc(F)c(Cl)c1)Nc1ccccc1. The van der Waals surface area contributed by atoms with Gasteiger partial charge in [-0.25, -0.2) is 12.8 Å². The summed E-state index contributed by atoms with van der Waals surface area (Å²) in [7, 11) is -3.97. The monoisotopic (exact) mass is 384 g/mol. The highest BCUT2D eigenvalue weighted by Crippen LogP contribution is 2.19. The van der Waals surface area contributed by atoms with Gasteiger partial charge < -0.3 is 10.6 Å². The molecule has 0 spiro atoms. The fourth-order valence-electron chi connectivity index (χ4n) is 1.94. The molecule has 0 aliphatic rings. The molecule has 0 heterocycles. The van der Waals surface area contributed by atoms with E-state index in [0.717, 1.165) is 12.1 Å². The van der Waals surface area contributed by atoms with Crippen LogP contribution in [0.1, 0.15) is 0 Å². The normalized spacial score (nSPS) is 11.0. The molecule has 0 unspecified atom stereocenters. The van der Waals surface area contributed by atoms with E-state index in [0.29, 0.717) is 5.69 Å². The molecule has 25 heavy (non-hydrogen) atoms. The van der Waals surface area contributed by atoms with Crippen molar-refractivity contribution in [2.45, 2.75) is 0 Å². The number of anilines is 2. The Bertz CT molecular complexity index is 888. The van der Waals surface area contributed by atoms with Crippen molar-refractivity contribution in [1.82, 2.24) is 0 Å². The largest absolute Gasteiger partial charge is 0.325 e. The molecule has 2 amide bonds. The number of nitrogens with one attached hydrogen (secondary N) is 2. The van der Waals surface area contributed by atoms with Crippen LogP contribution in [0.15, 0.2) is 48.5 Å². The number of para-hydroxylation sites is 1. The summed E-state index contributed by atoms with van der Waals surface area (Å²) in [4.78, 5) is 23.6. The Morgan fingerprint density at radius 3 is 2.04 bits per heavy atom.